The molecule has 1 aliphatic rings. The Kier molecular flexibility index (Phi) is 4.03. The van der Waals surface area contributed by atoms with Crippen molar-refractivity contribution in [2.45, 2.75) is 13.3 Å². The van der Waals surface area contributed by atoms with E-state index in [0.29, 0.717) is 6.54 Å². The van der Waals surface area contributed by atoms with Gasteiger partial charge in [-0.3, -0.25) is 9.69 Å². The van der Waals surface area contributed by atoms with Crippen molar-refractivity contribution in [1.29, 1.82) is 0 Å². The topological polar surface area (TPSA) is 52.2 Å². The van der Waals surface area contributed by atoms with Gasteiger partial charge in [0.1, 0.15) is 5.82 Å². The lowest BCUT2D eigenvalue weighted by Crippen LogP contribution is -2.46. The second-order valence-electron chi connectivity index (χ2n) is 5.77. The third-order valence-electron chi connectivity index (χ3n) is 4.15. The molecule has 0 atom stereocenters. The summed E-state index contributed by atoms with van der Waals surface area (Å²) in [6.45, 7) is 6.58. The summed E-state index contributed by atoms with van der Waals surface area (Å²) in [5, 5.41) is 0. The molecule has 2 aromatic rings. The molecule has 1 aromatic heterocycles. The number of likely N-dealkylation sites (N-methyl/N-ethyl adjacent to an activating group) is 1. The summed E-state index contributed by atoms with van der Waals surface area (Å²) in [5.74, 6) is 1.16. The van der Waals surface area contributed by atoms with Crippen molar-refractivity contribution in [3.05, 3.63) is 29.6 Å². The highest BCUT2D eigenvalue weighted by Crippen LogP contribution is 2.15. The highest BCUT2D eigenvalue weighted by molar-refractivity contribution is 6.00. The van der Waals surface area contributed by atoms with Crippen molar-refractivity contribution in [1.82, 2.24) is 19.8 Å². The smallest absolute Gasteiger partial charge is 0.176 e. The predicted octanol–water partition coefficient (Wildman–Crippen LogP) is 1.56. The fourth-order valence-electron chi connectivity index (χ4n) is 2.70. The maximum atomic E-state index is 12.4. The average molecular weight is 286 g/mol. The number of nitrogens with zero attached hydrogens (tertiary/aromatic N) is 3. The van der Waals surface area contributed by atoms with E-state index in [1.54, 1.807) is 0 Å². The number of H-pyrrole nitrogens is 1. The van der Waals surface area contributed by atoms with Gasteiger partial charge in [-0.15, -0.1) is 0 Å². The van der Waals surface area contributed by atoms with Crippen LogP contribution in [0.5, 0.6) is 0 Å². The molecule has 2 heterocycles. The number of aromatic amines is 1. The van der Waals surface area contributed by atoms with Crippen molar-refractivity contribution in [2.24, 2.45) is 0 Å². The van der Waals surface area contributed by atoms with Crippen molar-refractivity contribution in [2.75, 3.05) is 39.8 Å². The lowest BCUT2D eigenvalue weighted by atomic mass is 10.1. The third-order valence-corrected chi connectivity index (χ3v) is 4.15. The molecule has 0 unspecified atom stereocenters. The molecule has 0 aliphatic carbocycles. The Balaban J connectivity index is 1.72. The second kappa shape index (κ2) is 5.95. The van der Waals surface area contributed by atoms with Crippen LogP contribution >= 0.6 is 0 Å². The highest BCUT2D eigenvalue weighted by atomic mass is 16.1. The van der Waals surface area contributed by atoms with Gasteiger partial charge < -0.3 is 9.88 Å². The molecule has 0 spiro atoms. The normalized spacial score (nSPS) is 17.4. The fraction of sp³-hybridized carbons (Fsp3) is 0.500. The Morgan fingerprint density at radius 1 is 1.29 bits per heavy atom. The summed E-state index contributed by atoms with van der Waals surface area (Å²) in [7, 11) is 2.12. The monoisotopic (exact) mass is 286 g/mol. The highest BCUT2D eigenvalue weighted by Gasteiger charge is 2.17. The first kappa shape index (κ1) is 14.2. The van der Waals surface area contributed by atoms with Gasteiger partial charge in [0.2, 0.25) is 0 Å². The third kappa shape index (κ3) is 3.14. The van der Waals surface area contributed by atoms with E-state index < -0.39 is 0 Å². The molecule has 0 radical (unpaired) electrons. The average Bonchev–Trinajstić information content (AvgIpc) is 2.91. The molecular weight excluding hydrogens is 264 g/mol. The second-order valence-corrected chi connectivity index (χ2v) is 5.77. The van der Waals surface area contributed by atoms with E-state index in [1.165, 1.54) is 0 Å². The van der Waals surface area contributed by atoms with Crippen molar-refractivity contribution < 1.29 is 4.79 Å². The van der Waals surface area contributed by atoms with Crippen molar-refractivity contribution in [3.63, 3.8) is 0 Å². The lowest BCUT2D eigenvalue weighted by Gasteiger charge is -2.31. The molecule has 1 N–H and O–H groups in total. The number of Topliss-reactive ketones (excluding diaryl/α,β-unsaturated/α-hetero) is 1. The summed E-state index contributed by atoms with van der Waals surface area (Å²) in [6, 6.07) is 5.75. The van der Waals surface area contributed by atoms with Crippen LogP contribution in [0.15, 0.2) is 18.2 Å². The first-order valence-corrected chi connectivity index (χ1v) is 7.58. The molecule has 112 valence electrons. The van der Waals surface area contributed by atoms with E-state index in [1.807, 2.05) is 18.2 Å². The molecule has 3 rings (SSSR count). The van der Waals surface area contributed by atoms with Crippen LogP contribution in [0.1, 0.15) is 23.1 Å². The van der Waals surface area contributed by atoms with Crippen molar-refractivity contribution >= 4 is 16.8 Å². The minimum Gasteiger partial charge on any atom is -0.342 e. The molecule has 0 amide bonds. The number of rotatable bonds is 4. The maximum Gasteiger partial charge on any atom is 0.176 e. The largest absolute Gasteiger partial charge is 0.342 e. The van der Waals surface area contributed by atoms with Gasteiger partial charge in [0.15, 0.2) is 5.78 Å². The van der Waals surface area contributed by atoms with Crippen molar-refractivity contribution in [3.8, 4) is 0 Å². The van der Waals surface area contributed by atoms with Crippen LogP contribution in [-0.2, 0) is 6.42 Å². The standard InChI is InChI=1S/C16H22N4O/c1-3-16-17-13-5-4-12(10-14(13)18-16)15(21)11-20-8-6-19(2)7-9-20/h4-5,10H,3,6-9,11H2,1-2H3,(H,17,18). The molecule has 0 bridgehead atoms. The number of aryl methyl sites for hydroxylation is 1. The van der Waals surface area contributed by atoms with E-state index in [2.05, 4.69) is 33.7 Å². The summed E-state index contributed by atoms with van der Waals surface area (Å²) in [5.41, 5.74) is 2.66. The maximum absolute atomic E-state index is 12.4. The van der Waals surface area contributed by atoms with Gasteiger partial charge in [-0.2, -0.15) is 0 Å². The van der Waals surface area contributed by atoms with Gasteiger partial charge in [-0.25, -0.2) is 4.98 Å². The Hall–Kier alpha value is -1.72. The number of carbonyl (C=O) groups is 1. The van der Waals surface area contributed by atoms with Gasteiger partial charge in [0.05, 0.1) is 17.6 Å². The molecule has 0 saturated carbocycles. The summed E-state index contributed by atoms with van der Waals surface area (Å²) < 4.78 is 0. The fourth-order valence-corrected chi connectivity index (χ4v) is 2.70. The molecule has 1 saturated heterocycles. The minimum absolute atomic E-state index is 0.189. The number of aromatic nitrogens is 2. The number of benzene rings is 1. The van der Waals surface area contributed by atoms with Crippen LogP contribution in [0.4, 0.5) is 0 Å². The van der Waals surface area contributed by atoms with Gasteiger partial charge in [0, 0.05) is 38.2 Å². The molecule has 1 aliphatic heterocycles. The Morgan fingerprint density at radius 3 is 2.76 bits per heavy atom. The predicted molar refractivity (Wildman–Crippen MR) is 83.7 cm³/mol. The van der Waals surface area contributed by atoms with E-state index in [4.69, 9.17) is 0 Å². The molecule has 5 heteroatoms. The number of ketones is 1. The number of nitrogens with one attached hydrogen (secondary N) is 1. The van der Waals surface area contributed by atoms with Crippen LogP contribution in [0, 0.1) is 0 Å². The molecule has 5 nitrogen and oxygen atoms in total. The molecule has 1 fully saturated rings. The zero-order chi connectivity index (χ0) is 14.8. The number of imidazole rings is 1. The van der Waals surface area contributed by atoms with Crippen LogP contribution < -0.4 is 0 Å². The zero-order valence-electron chi connectivity index (χ0n) is 12.7. The number of hydrogen-bond acceptors (Lipinski definition) is 4. The summed E-state index contributed by atoms with van der Waals surface area (Å²) >= 11 is 0. The van der Waals surface area contributed by atoms with Crippen LogP contribution in [-0.4, -0.2) is 65.3 Å². The first-order valence-electron chi connectivity index (χ1n) is 7.58. The van der Waals surface area contributed by atoms with E-state index in [-0.39, 0.29) is 5.78 Å². The van der Waals surface area contributed by atoms with E-state index in [0.717, 1.165) is 55.0 Å². The molecular formula is C16H22N4O. The Bertz CT molecular complexity index is 641. The first-order chi connectivity index (χ1) is 10.2. The quantitative estimate of drug-likeness (QED) is 0.867. The minimum atomic E-state index is 0.189. The van der Waals surface area contributed by atoms with Crippen LogP contribution in [0.2, 0.25) is 0 Å². The van der Waals surface area contributed by atoms with E-state index >= 15 is 0 Å². The molecule has 1 aromatic carbocycles. The Morgan fingerprint density at radius 2 is 2.05 bits per heavy atom. The van der Waals surface area contributed by atoms with Gasteiger partial charge >= 0.3 is 0 Å². The van der Waals surface area contributed by atoms with Gasteiger partial charge in [-0.05, 0) is 25.2 Å². The number of hydrogen-bond donors (Lipinski definition) is 1. The van der Waals surface area contributed by atoms with Gasteiger partial charge in [-0.1, -0.05) is 6.92 Å². The van der Waals surface area contributed by atoms with Gasteiger partial charge in [0.25, 0.3) is 0 Å². The van der Waals surface area contributed by atoms with Crippen LogP contribution in [0.3, 0.4) is 0 Å². The summed E-state index contributed by atoms with van der Waals surface area (Å²) in [4.78, 5) is 24.7. The number of carbonyl (C=O) groups excluding carboxylic acids is 1. The molecule has 21 heavy (non-hydrogen) atoms. The van der Waals surface area contributed by atoms with E-state index in [9.17, 15) is 4.79 Å². The Labute approximate surface area is 125 Å². The SMILES string of the molecule is CCc1nc2ccc(C(=O)CN3CCN(C)CC3)cc2[nH]1. The number of fused-ring (bicyclic) bond motifs is 1. The number of piperazine rings is 1. The van der Waals surface area contributed by atoms with Crippen LogP contribution in [0.25, 0.3) is 11.0 Å². The zero-order valence-corrected chi connectivity index (χ0v) is 12.7. The lowest BCUT2D eigenvalue weighted by molar-refractivity contribution is 0.0876. The summed E-state index contributed by atoms with van der Waals surface area (Å²) in [6.07, 6.45) is 0.874.